The van der Waals surface area contributed by atoms with Crippen molar-refractivity contribution in [2.24, 2.45) is 0 Å². The number of aryl methyl sites for hydroxylation is 1. The van der Waals surface area contributed by atoms with E-state index in [1.54, 1.807) is 6.07 Å². The number of nitrogens with zero attached hydrogens (tertiary/aromatic N) is 2. The summed E-state index contributed by atoms with van der Waals surface area (Å²) in [6.07, 6.45) is 0. The van der Waals surface area contributed by atoms with Crippen molar-refractivity contribution in [1.82, 2.24) is 9.88 Å². The van der Waals surface area contributed by atoms with Gasteiger partial charge in [0.1, 0.15) is 5.82 Å². The molecule has 1 saturated heterocycles. The number of hydrogen-bond donors (Lipinski definition) is 2. The second-order valence-corrected chi connectivity index (χ2v) is 6.35. The van der Waals surface area contributed by atoms with Crippen molar-refractivity contribution in [2.75, 3.05) is 36.9 Å². The minimum atomic E-state index is -0.597. The fraction of sp³-hybridized carbons (Fsp3) is 0.278. The highest BCUT2D eigenvalue weighted by Crippen LogP contribution is 2.27. The summed E-state index contributed by atoms with van der Waals surface area (Å²) >= 11 is 0. The summed E-state index contributed by atoms with van der Waals surface area (Å²) in [5.74, 6) is -1.22. The SMILES string of the molecule is Cc1cc(-n2c(N)c3c(cc2=O)C(=O)NC3=O)ccc1N1CCOCC1. The molecule has 2 amide bonds. The van der Waals surface area contributed by atoms with Crippen LogP contribution in [0.25, 0.3) is 5.69 Å². The number of hydrogen-bond acceptors (Lipinski definition) is 6. The molecule has 4 rings (SSSR count). The summed E-state index contributed by atoms with van der Waals surface area (Å²) in [6, 6.07) is 6.72. The van der Waals surface area contributed by atoms with Gasteiger partial charge in [0.2, 0.25) is 0 Å². The van der Waals surface area contributed by atoms with E-state index < -0.39 is 17.4 Å². The van der Waals surface area contributed by atoms with E-state index >= 15 is 0 Å². The number of morpholine rings is 1. The molecule has 8 nitrogen and oxygen atoms in total. The summed E-state index contributed by atoms with van der Waals surface area (Å²) in [5, 5.41) is 2.16. The number of rotatable bonds is 2. The van der Waals surface area contributed by atoms with Gasteiger partial charge in [-0.15, -0.1) is 0 Å². The van der Waals surface area contributed by atoms with Gasteiger partial charge < -0.3 is 15.4 Å². The molecule has 8 heteroatoms. The maximum absolute atomic E-state index is 12.5. The third-order valence-electron chi connectivity index (χ3n) is 4.74. The molecule has 0 spiro atoms. The Bertz CT molecular complexity index is 989. The number of carbonyl (C=O) groups is 2. The third-order valence-corrected chi connectivity index (χ3v) is 4.74. The Labute approximate surface area is 149 Å². The molecule has 1 fully saturated rings. The normalized spacial score (nSPS) is 16.6. The monoisotopic (exact) mass is 354 g/mol. The van der Waals surface area contributed by atoms with Crippen LogP contribution < -0.4 is 21.5 Å². The molecule has 3 heterocycles. The number of ether oxygens (including phenoxy) is 1. The van der Waals surface area contributed by atoms with Crippen LogP contribution in [0.15, 0.2) is 29.1 Å². The third kappa shape index (κ3) is 2.46. The standard InChI is InChI=1S/C18H18N4O4/c1-10-8-11(2-3-13(10)21-4-6-26-7-5-21)22-14(23)9-12-15(16(22)19)18(25)20-17(12)24/h2-3,8-9H,4-7,19H2,1H3,(H,20,24,25). The number of amides is 2. The van der Waals surface area contributed by atoms with E-state index in [9.17, 15) is 14.4 Å². The predicted molar refractivity (Wildman–Crippen MR) is 96.0 cm³/mol. The predicted octanol–water partition coefficient (Wildman–Crippen LogP) is 0.448. The lowest BCUT2D eigenvalue weighted by Gasteiger charge is -2.30. The Morgan fingerprint density at radius 2 is 1.81 bits per heavy atom. The zero-order valence-corrected chi connectivity index (χ0v) is 14.2. The van der Waals surface area contributed by atoms with E-state index in [2.05, 4.69) is 10.2 Å². The molecule has 2 aliphatic heterocycles. The van der Waals surface area contributed by atoms with Crippen LogP contribution in [0.4, 0.5) is 11.5 Å². The van der Waals surface area contributed by atoms with E-state index in [1.807, 2.05) is 19.1 Å². The molecule has 0 saturated carbocycles. The van der Waals surface area contributed by atoms with Gasteiger partial charge in [0.15, 0.2) is 0 Å². The smallest absolute Gasteiger partial charge is 0.262 e. The van der Waals surface area contributed by atoms with Crippen molar-refractivity contribution in [3.63, 3.8) is 0 Å². The largest absolute Gasteiger partial charge is 0.384 e. The van der Waals surface area contributed by atoms with E-state index in [4.69, 9.17) is 10.5 Å². The Morgan fingerprint density at radius 1 is 1.08 bits per heavy atom. The summed E-state index contributed by atoms with van der Waals surface area (Å²) in [7, 11) is 0. The van der Waals surface area contributed by atoms with Crippen molar-refractivity contribution in [1.29, 1.82) is 0 Å². The molecule has 0 unspecified atom stereocenters. The van der Waals surface area contributed by atoms with Crippen LogP contribution in [-0.2, 0) is 4.74 Å². The van der Waals surface area contributed by atoms with E-state index in [0.717, 1.165) is 30.4 Å². The van der Waals surface area contributed by atoms with Crippen molar-refractivity contribution < 1.29 is 14.3 Å². The van der Waals surface area contributed by atoms with Crippen LogP contribution in [0, 0.1) is 6.92 Å². The second kappa shape index (κ2) is 5.99. The first kappa shape index (κ1) is 16.3. The topological polar surface area (TPSA) is 107 Å². The minimum Gasteiger partial charge on any atom is -0.384 e. The lowest BCUT2D eigenvalue weighted by atomic mass is 10.1. The molecule has 0 radical (unpaired) electrons. The summed E-state index contributed by atoms with van der Waals surface area (Å²) in [4.78, 5) is 38.5. The summed E-state index contributed by atoms with van der Waals surface area (Å²) in [6.45, 7) is 4.94. The molecular weight excluding hydrogens is 336 g/mol. The van der Waals surface area contributed by atoms with Crippen molar-refractivity contribution >= 4 is 23.3 Å². The Morgan fingerprint density at radius 3 is 2.50 bits per heavy atom. The molecule has 134 valence electrons. The van der Waals surface area contributed by atoms with Crippen molar-refractivity contribution in [2.45, 2.75) is 6.92 Å². The van der Waals surface area contributed by atoms with E-state index in [1.165, 1.54) is 4.57 Å². The second-order valence-electron chi connectivity index (χ2n) is 6.35. The molecule has 2 aromatic rings. The lowest BCUT2D eigenvalue weighted by Crippen LogP contribution is -2.36. The van der Waals surface area contributed by atoms with Crippen LogP contribution in [-0.4, -0.2) is 42.7 Å². The van der Waals surface area contributed by atoms with E-state index in [0.29, 0.717) is 18.9 Å². The number of carbonyl (C=O) groups excluding carboxylic acids is 2. The van der Waals surface area contributed by atoms with Gasteiger partial charge in [0.25, 0.3) is 17.4 Å². The maximum Gasteiger partial charge on any atom is 0.262 e. The van der Waals surface area contributed by atoms with Gasteiger partial charge in [-0.3, -0.25) is 24.3 Å². The van der Waals surface area contributed by atoms with Crippen molar-refractivity contribution in [3.8, 4) is 5.69 Å². The molecule has 0 atom stereocenters. The van der Waals surface area contributed by atoms with Crippen LogP contribution in [0.2, 0.25) is 0 Å². The maximum atomic E-state index is 12.5. The average Bonchev–Trinajstić information content (AvgIpc) is 2.89. The average molecular weight is 354 g/mol. The Kier molecular flexibility index (Phi) is 3.77. The number of anilines is 2. The number of nitrogens with one attached hydrogen (secondary N) is 1. The van der Waals surface area contributed by atoms with Gasteiger partial charge in [0.05, 0.1) is 30.0 Å². The molecule has 2 aliphatic rings. The number of imide groups is 1. The highest BCUT2D eigenvalue weighted by atomic mass is 16.5. The quantitative estimate of drug-likeness (QED) is 0.759. The van der Waals surface area contributed by atoms with Crippen LogP contribution in [0.5, 0.6) is 0 Å². The zero-order chi connectivity index (χ0) is 18.4. The number of benzene rings is 1. The number of fused-ring (bicyclic) bond motifs is 1. The molecular formula is C18H18N4O4. The van der Waals surface area contributed by atoms with Crippen LogP contribution >= 0.6 is 0 Å². The Hall–Kier alpha value is -3.13. The number of pyridine rings is 1. The van der Waals surface area contributed by atoms with Gasteiger partial charge in [-0.1, -0.05) is 0 Å². The molecule has 0 bridgehead atoms. The first-order valence-corrected chi connectivity index (χ1v) is 8.32. The number of nitrogen functional groups attached to an aromatic ring is 1. The van der Waals surface area contributed by atoms with Crippen LogP contribution in [0.3, 0.4) is 0 Å². The number of aromatic nitrogens is 1. The molecule has 1 aromatic carbocycles. The molecule has 3 N–H and O–H groups in total. The number of nitrogens with two attached hydrogens (primary N) is 1. The first-order chi connectivity index (χ1) is 12.5. The van der Waals surface area contributed by atoms with Gasteiger partial charge in [-0.05, 0) is 30.7 Å². The van der Waals surface area contributed by atoms with Gasteiger partial charge >= 0.3 is 0 Å². The fourth-order valence-corrected chi connectivity index (χ4v) is 3.48. The van der Waals surface area contributed by atoms with Gasteiger partial charge in [-0.2, -0.15) is 0 Å². The highest BCUT2D eigenvalue weighted by Gasteiger charge is 2.31. The molecule has 0 aliphatic carbocycles. The van der Waals surface area contributed by atoms with Gasteiger partial charge in [-0.25, -0.2) is 0 Å². The Balaban J connectivity index is 1.80. The zero-order valence-electron chi connectivity index (χ0n) is 14.2. The molecule has 26 heavy (non-hydrogen) atoms. The van der Waals surface area contributed by atoms with Crippen molar-refractivity contribution in [3.05, 3.63) is 51.3 Å². The fourth-order valence-electron chi connectivity index (χ4n) is 3.48. The highest BCUT2D eigenvalue weighted by molar-refractivity contribution is 6.23. The lowest BCUT2D eigenvalue weighted by molar-refractivity contribution is 0.0880. The van der Waals surface area contributed by atoms with E-state index in [-0.39, 0.29) is 16.9 Å². The summed E-state index contributed by atoms with van der Waals surface area (Å²) < 4.78 is 6.63. The minimum absolute atomic E-state index is 0.0235. The first-order valence-electron chi connectivity index (χ1n) is 8.32. The summed E-state index contributed by atoms with van der Waals surface area (Å²) in [5.41, 5.74) is 8.29. The van der Waals surface area contributed by atoms with Crippen LogP contribution in [0.1, 0.15) is 26.3 Å². The van der Waals surface area contributed by atoms with Gasteiger partial charge in [0, 0.05) is 24.8 Å². The molecule has 1 aromatic heterocycles.